The fraction of sp³-hybridized carbons (Fsp3) is 0.286. The summed E-state index contributed by atoms with van der Waals surface area (Å²) < 4.78 is 0. The normalized spacial score (nSPS) is 13.7. The Kier molecular flexibility index (Phi) is 6.72. The molecule has 0 radical (unpaired) electrons. The number of rotatable bonds is 5. The zero-order chi connectivity index (χ0) is 20.8. The summed E-state index contributed by atoms with van der Waals surface area (Å²) in [4.78, 5) is 39.6. The van der Waals surface area contributed by atoms with E-state index in [0.29, 0.717) is 42.5 Å². The van der Waals surface area contributed by atoms with E-state index in [1.807, 2.05) is 24.3 Å². The molecule has 0 bridgehead atoms. The zero-order valence-electron chi connectivity index (χ0n) is 16.2. The van der Waals surface area contributed by atoms with Crippen molar-refractivity contribution in [3.05, 3.63) is 59.1 Å². The first-order valence-corrected chi connectivity index (χ1v) is 9.74. The largest absolute Gasteiger partial charge is 0.368 e. The maximum absolute atomic E-state index is 12.4. The van der Waals surface area contributed by atoms with Crippen molar-refractivity contribution in [2.75, 3.05) is 42.9 Å². The predicted octanol–water partition coefficient (Wildman–Crippen LogP) is 2.38. The van der Waals surface area contributed by atoms with E-state index in [0.717, 1.165) is 5.69 Å². The van der Waals surface area contributed by atoms with Gasteiger partial charge in [-0.05, 0) is 42.5 Å². The molecule has 0 aromatic heterocycles. The van der Waals surface area contributed by atoms with Crippen molar-refractivity contribution in [3.8, 4) is 0 Å². The van der Waals surface area contributed by atoms with Gasteiger partial charge in [0.1, 0.15) is 0 Å². The lowest BCUT2D eigenvalue weighted by atomic mass is 10.2. The molecule has 0 unspecified atom stereocenters. The number of halogens is 1. The van der Waals surface area contributed by atoms with Gasteiger partial charge in [-0.15, -0.1) is 0 Å². The molecule has 2 aromatic rings. The topological polar surface area (TPSA) is 81.8 Å². The van der Waals surface area contributed by atoms with Gasteiger partial charge in [-0.3, -0.25) is 14.4 Å². The van der Waals surface area contributed by atoms with Crippen LogP contribution in [-0.4, -0.2) is 55.3 Å². The standard InChI is InChI=1S/C21H23ClN4O3/c1-15(27)24-18-7-5-16(6-8-18)21(29)23-14-20(28)26-11-9-25(10-12-26)19-4-2-3-17(22)13-19/h2-8,13H,9-12,14H2,1H3,(H,23,29)(H,24,27). The van der Waals surface area contributed by atoms with Crippen molar-refractivity contribution >= 4 is 40.7 Å². The fourth-order valence-corrected chi connectivity index (χ4v) is 3.35. The number of amides is 3. The van der Waals surface area contributed by atoms with Crippen molar-refractivity contribution in [2.45, 2.75) is 6.92 Å². The number of hydrogen-bond donors (Lipinski definition) is 2. The van der Waals surface area contributed by atoms with E-state index in [1.165, 1.54) is 6.92 Å². The van der Waals surface area contributed by atoms with E-state index in [2.05, 4.69) is 15.5 Å². The van der Waals surface area contributed by atoms with Crippen LogP contribution >= 0.6 is 11.6 Å². The van der Waals surface area contributed by atoms with E-state index in [-0.39, 0.29) is 24.3 Å². The molecule has 3 amide bonds. The van der Waals surface area contributed by atoms with Crippen LogP contribution in [0.2, 0.25) is 5.02 Å². The summed E-state index contributed by atoms with van der Waals surface area (Å²) in [6.45, 7) is 3.97. The molecular weight excluding hydrogens is 392 g/mol. The molecule has 2 N–H and O–H groups in total. The second kappa shape index (κ2) is 9.43. The fourth-order valence-electron chi connectivity index (χ4n) is 3.16. The molecule has 0 atom stereocenters. The molecule has 2 aromatic carbocycles. The van der Waals surface area contributed by atoms with Gasteiger partial charge in [0.2, 0.25) is 11.8 Å². The van der Waals surface area contributed by atoms with Crippen LogP contribution in [-0.2, 0) is 9.59 Å². The van der Waals surface area contributed by atoms with Crippen molar-refractivity contribution in [1.29, 1.82) is 0 Å². The van der Waals surface area contributed by atoms with Gasteiger partial charge in [-0.1, -0.05) is 17.7 Å². The Hall–Kier alpha value is -3.06. The Morgan fingerprint density at radius 1 is 1.00 bits per heavy atom. The van der Waals surface area contributed by atoms with Crippen molar-refractivity contribution < 1.29 is 14.4 Å². The van der Waals surface area contributed by atoms with Gasteiger partial charge in [0.05, 0.1) is 6.54 Å². The molecule has 7 nitrogen and oxygen atoms in total. The monoisotopic (exact) mass is 414 g/mol. The molecule has 1 fully saturated rings. The zero-order valence-corrected chi connectivity index (χ0v) is 16.9. The average Bonchev–Trinajstić information content (AvgIpc) is 2.72. The number of nitrogens with zero attached hydrogens (tertiary/aromatic N) is 2. The Morgan fingerprint density at radius 2 is 1.69 bits per heavy atom. The lowest BCUT2D eigenvalue weighted by Gasteiger charge is -2.36. The molecular formula is C21H23ClN4O3. The molecule has 0 aliphatic carbocycles. The number of benzene rings is 2. The summed E-state index contributed by atoms with van der Waals surface area (Å²) in [5, 5.41) is 5.99. The first kappa shape index (κ1) is 20.7. The molecule has 152 valence electrons. The number of hydrogen-bond acceptors (Lipinski definition) is 4. The van der Waals surface area contributed by atoms with Gasteiger partial charge in [-0.25, -0.2) is 0 Å². The van der Waals surface area contributed by atoms with Gasteiger partial charge in [0, 0.05) is 55.1 Å². The maximum atomic E-state index is 12.4. The molecule has 29 heavy (non-hydrogen) atoms. The summed E-state index contributed by atoms with van der Waals surface area (Å²) in [6.07, 6.45) is 0. The third-order valence-electron chi connectivity index (χ3n) is 4.67. The van der Waals surface area contributed by atoms with Crippen LogP contribution < -0.4 is 15.5 Å². The summed E-state index contributed by atoms with van der Waals surface area (Å²) >= 11 is 6.05. The van der Waals surface area contributed by atoms with Crippen LogP contribution in [0.3, 0.4) is 0 Å². The van der Waals surface area contributed by atoms with Gasteiger partial charge in [0.15, 0.2) is 0 Å². The molecule has 1 aliphatic rings. The van der Waals surface area contributed by atoms with Crippen LogP contribution in [0.25, 0.3) is 0 Å². The second-order valence-corrected chi connectivity index (χ2v) is 7.23. The Bertz CT molecular complexity index is 893. The molecule has 3 rings (SSSR count). The number of carbonyl (C=O) groups excluding carboxylic acids is 3. The molecule has 1 heterocycles. The van der Waals surface area contributed by atoms with E-state index < -0.39 is 0 Å². The number of carbonyl (C=O) groups is 3. The average molecular weight is 415 g/mol. The van der Waals surface area contributed by atoms with E-state index in [1.54, 1.807) is 29.2 Å². The van der Waals surface area contributed by atoms with E-state index in [9.17, 15) is 14.4 Å². The predicted molar refractivity (Wildman–Crippen MR) is 113 cm³/mol. The highest BCUT2D eigenvalue weighted by Crippen LogP contribution is 2.20. The molecule has 1 saturated heterocycles. The lowest BCUT2D eigenvalue weighted by Crippen LogP contribution is -2.51. The van der Waals surface area contributed by atoms with Crippen LogP contribution in [0.15, 0.2) is 48.5 Å². The van der Waals surface area contributed by atoms with Crippen LogP contribution in [0.4, 0.5) is 11.4 Å². The van der Waals surface area contributed by atoms with Crippen LogP contribution in [0.1, 0.15) is 17.3 Å². The summed E-state index contributed by atoms with van der Waals surface area (Å²) in [5.41, 5.74) is 2.08. The van der Waals surface area contributed by atoms with Crippen molar-refractivity contribution in [3.63, 3.8) is 0 Å². The second-order valence-electron chi connectivity index (χ2n) is 6.79. The smallest absolute Gasteiger partial charge is 0.251 e. The Balaban J connectivity index is 1.46. The highest BCUT2D eigenvalue weighted by molar-refractivity contribution is 6.30. The van der Waals surface area contributed by atoms with Gasteiger partial charge >= 0.3 is 0 Å². The van der Waals surface area contributed by atoms with Crippen LogP contribution in [0, 0.1) is 0 Å². The summed E-state index contributed by atoms with van der Waals surface area (Å²) in [7, 11) is 0. The molecule has 1 aliphatic heterocycles. The Morgan fingerprint density at radius 3 is 2.31 bits per heavy atom. The van der Waals surface area contributed by atoms with Gasteiger partial charge in [0.25, 0.3) is 5.91 Å². The SMILES string of the molecule is CC(=O)Nc1ccc(C(=O)NCC(=O)N2CCN(c3cccc(Cl)c3)CC2)cc1. The summed E-state index contributed by atoms with van der Waals surface area (Å²) in [6, 6.07) is 14.2. The lowest BCUT2D eigenvalue weighted by molar-refractivity contribution is -0.130. The molecule has 0 spiro atoms. The quantitative estimate of drug-likeness (QED) is 0.787. The Labute approximate surface area is 174 Å². The van der Waals surface area contributed by atoms with E-state index in [4.69, 9.17) is 11.6 Å². The number of nitrogens with one attached hydrogen (secondary N) is 2. The third kappa shape index (κ3) is 5.71. The van der Waals surface area contributed by atoms with Crippen molar-refractivity contribution in [1.82, 2.24) is 10.2 Å². The maximum Gasteiger partial charge on any atom is 0.251 e. The van der Waals surface area contributed by atoms with E-state index >= 15 is 0 Å². The highest BCUT2D eigenvalue weighted by Gasteiger charge is 2.21. The number of anilines is 2. The minimum absolute atomic E-state index is 0.0521. The van der Waals surface area contributed by atoms with Gasteiger partial charge in [-0.2, -0.15) is 0 Å². The van der Waals surface area contributed by atoms with Crippen molar-refractivity contribution in [2.24, 2.45) is 0 Å². The minimum Gasteiger partial charge on any atom is -0.368 e. The summed E-state index contributed by atoms with van der Waals surface area (Å²) in [5.74, 6) is -0.618. The third-order valence-corrected chi connectivity index (χ3v) is 4.91. The molecule has 0 saturated carbocycles. The molecule has 8 heteroatoms. The first-order chi connectivity index (χ1) is 13.9. The van der Waals surface area contributed by atoms with Crippen LogP contribution in [0.5, 0.6) is 0 Å². The minimum atomic E-state index is -0.328. The van der Waals surface area contributed by atoms with Gasteiger partial charge < -0.3 is 20.4 Å². The highest BCUT2D eigenvalue weighted by atomic mass is 35.5. The first-order valence-electron chi connectivity index (χ1n) is 9.36. The number of piperazine rings is 1.